The Hall–Kier alpha value is 0.179. The van der Waals surface area contributed by atoms with Gasteiger partial charge in [-0.3, -0.25) is 0 Å². The topological polar surface area (TPSA) is 29.5 Å². The van der Waals surface area contributed by atoms with Crippen molar-refractivity contribution >= 4 is 12.6 Å². The monoisotopic (exact) mass is 236 g/mol. The summed E-state index contributed by atoms with van der Waals surface area (Å²) in [6.07, 6.45) is 0. The van der Waals surface area contributed by atoms with E-state index in [9.17, 15) is 5.02 Å². The molecule has 4 heteroatoms. The van der Waals surface area contributed by atoms with Crippen molar-refractivity contribution in [3.8, 4) is 0 Å². The van der Waals surface area contributed by atoms with Gasteiger partial charge < -0.3 is 9.68 Å². The SMILES string of the molecule is [CH2-]c1cccc2c1B(O)OC2.[Y]. The molecule has 0 fully saturated rings. The second kappa shape index (κ2) is 3.92. The molecule has 0 spiro atoms. The normalized spacial score (nSPS) is 13.9. The Morgan fingerprint density at radius 2 is 2.25 bits per heavy atom. The average Bonchev–Trinajstić information content (AvgIpc) is 2.34. The molecule has 1 aromatic carbocycles. The molecule has 0 unspecified atom stereocenters. The van der Waals surface area contributed by atoms with Crippen LogP contribution in [0.1, 0.15) is 11.1 Å². The summed E-state index contributed by atoms with van der Waals surface area (Å²) in [5, 5.41) is 9.30. The third-order valence-corrected chi connectivity index (χ3v) is 1.93. The minimum absolute atomic E-state index is 0. The summed E-state index contributed by atoms with van der Waals surface area (Å²) in [5.74, 6) is 0. The molecule has 1 radical (unpaired) electrons. The van der Waals surface area contributed by atoms with E-state index in [1.165, 1.54) is 0 Å². The Labute approximate surface area is 97.3 Å². The van der Waals surface area contributed by atoms with Crippen LogP contribution in [0.4, 0.5) is 0 Å². The van der Waals surface area contributed by atoms with E-state index in [1.807, 2.05) is 18.2 Å². The van der Waals surface area contributed by atoms with Crippen molar-refractivity contribution in [1.29, 1.82) is 0 Å². The molecular formula is C8H8BO2Y-. The maximum atomic E-state index is 9.30. The fraction of sp³-hybridized carbons (Fsp3) is 0.125. The largest absolute Gasteiger partial charge is 0.434 e. The van der Waals surface area contributed by atoms with Crippen LogP contribution in [0, 0.1) is 6.92 Å². The van der Waals surface area contributed by atoms with Gasteiger partial charge in [-0.05, 0) is 0 Å². The van der Waals surface area contributed by atoms with E-state index in [0.717, 1.165) is 16.6 Å². The molecule has 1 aliphatic heterocycles. The Kier molecular flexibility index (Phi) is 3.36. The third kappa shape index (κ3) is 1.60. The van der Waals surface area contributed by atoms with E-state index in [2.05, 4.69) is 6.92 Å². The summed E-state index contributed by atoms with van der Waals surface area (Å²) in [6, 6.07) is 5.74. The van der Waals surface area contributed by atoms with Crippen LogP contribution in [0.5, 0.6) is 0 Å². The minimum atomic E-state index is -0.765. The van der Waals surface area contributed by atoms with Crippen molar-refractivity contribution in [2.75, 3.05) is 0 Å². The van der Waals surface area contributed by atoms with Crippen LogP contribution in [-0.4, -0.2) is 12.1 Å². The molecule has 1 aliphatic rings. The predicted molar refractivity (Wildman–Crippen MR) is 43.3 cm³/mol. The van der Waals surface area contributed by atoms with Crippen LogP contribution in [0.15, 0.2) is 18.2 Å². The van der Waals surface area contributed by atoms with Crippen molar-refractivity contribution in [2.24, 2.45) is 0 Å². The zero-order chi connectivity index (χ0) is 7.84. The molecule has 0 amide bonds. The fourth-order valence-electron chi connectivity index (χ4n) is 1.36. The summed E-state index contributed by atoms with van der Waals surface area (Å²) in [5.41, 5.74) is 2.74. The predicted octanol–water partition coefficient (Wildman–Crippen LogP) is 0.0840. The van der Waals surface area contributed by atoms with Gasteiger partial charge in [0.25, 0.3) is 0 Å². The molecule has 59 valence electrons. The van der Waals surface area contributed by atoms with Crippen molar-refractivity contribution in [3.63, 3.8) is 0 Å². The zero-order valence-corrected chi connectivity index (χ0v) is 9.49. The first-order valence-electron chi connectivity index (χ1n) is 3.52. The average molecular weight is 236 g/mol. The Morgan fingerprint density at radius 1 is 1.50 bits per heavy atom. The van der Waals surface area contributed by atoms with Crippen LogP contribution in [0.2, 0.25) is 0 Å². The van der Waals surface area contributed by atoms with E-state index in [1.54, 1.807) is 0 Å². The van der Waals surface area contributed by atoms with E-state index in [-0.39, 0.29) is 32.7 Å². The van der Waals surface area contributed by atoms with Crippen LogP contribution < -0.4 is 5.46 Å². The summed E-state index contributed by atoms with van der Waals surface area (Å²) >= 11 is 0. The molecule has 0 saturated heterocycles. The van der Waals surface area contributed by atoms with Crippen LogP contribution in [0.25, 0.3) is 0 Å². The molecule has 0 saturated carbocycles. The van der Waals surface area contributed by atoms with Gasteiger partial charge in [-0.15, -0.1) is 11.5 Å². The summed E-state index contributed by atoms with van der Waals surface area (Å²) < 4.78 is 5.02. The number of hydrogen-bond acceptors (Lipinski definition) is 2. The van der Waals surface area contributed by atoms with E-state index < -0.39 is 7.12 Å². The molecule has 0 atom stereocenters. The molecule has 1 aromatic rings. The first-order chi connectivity index (χ1) is 5.29. The van der Waals surface area contributed by atoms with E-state index >= 15 is 0 Å². The van der Waals surface area contributed by atoms with Gasteiger partial charge in [0.15, 0.2) is 0 Å². The number of hydrogen-bond donors (Lipinski definition) is 1. The van der Waals surface area contributed by atoms with Crippen molar-refractivity contribution in [2.45, 2.75) is 6.61 Å². The maximum Gasteiger partial charge on any atom is 0.416 e. The van der Waals surface area contributed by atoms with E-state index in [0.29, 0.717) is 6.61 Å². The zero-order valence-electron chi connectivity index (χ0n) is 6.66. The smallest absolute Gasteiger partial charge is 0.416 e. The van der Waals surface area contributed by atoms with Crippen LogP contribution >= 0.6 is 0 Å². The number of rotatable bonds is 0. The van der Waals surface area contributed by atoms with Crippen LogP contribution in [0.3, 0.4) is 0 Å². The van der Waals surface area contributed by atoms with Crippen LogP contribution in [-0.2, 0) is 44.0 Å². The first-order valence-corrected chi connectivity index (χ1v) is 3.52. The standard InChI is InChI=1S/C8H8BO2.Y/c1-6-3-2-4-7-5-11-9(10)8(6)7;/h2-4,10H,1,5H2;/q-1;. The van der Waals surface area contributed by atoms with Gasteiger partial charge in [-0.2, -0.15) is 18.6 Å². The Balaban J connectivity index is 0.000000720. The molecule has 2 rings (SSSR count). The Morgan fingerprint density at radius 3 is 2.92 bits per heavy atom. The van der Waals surface area contributed by atoms with Crippen molar-refractivity contribution < 1.29 is 42.4 Å². The quantitative estimate of drug-likeness (QED) is 0.510. The third-order valence-electron chi connectivity index (χ3n) is 1.93. The summed E-state index contributed by atoms with van der Waals surface area (Å²) in [6.45, 7) is 4.30. The van der Waals surface area contributed by atoms with Crippen molar-refractivity contribution in [3.05, 3.63) is 36.2 Å². The van der Waals surface area contributed by atoms with E-state index in [4.69, 9.17) is 4.65 Å². The molecule has 1 N–H and O–H groups in total. The van der Waals surface area contributed by atoms with Crippen molar-refractivity contribution in [1.82, 2.24) is 0 Å². The number of benzene rings is 1. The molecule has 12 heavy (non-hydrogen) atoms. The van der Waals surface area contributed by atoms with Gasteiger partial charge in [0.2, 0.25) is 0 Å². The molecule has 2 nitrogen and oxygen atoms in total. The van der Waals surface area contributed by atoms with Gasteiger partial charge in [0.05, 0.1) is 0 Å². The molecule has 0 aliphatic carbocycles. The van der Waals surface area contributed by atoms with Gasteiger partial charge in [0, 0.05) is 39.3 Å². The second-order valence-corrected chi connectivity index (χ2v) is 2.65. The molecular weight excluding hydrogens is 228 g/mol. The van der Waals surface area contributed by atoms with Gasteiger partial charge >= 0.3 is 7.12 Å². The molecule has 1 heterocycles. The summed E-state index contributed by atoms with van der Waals surface area (Å²) in [7, 11) is -0.765. The summed E-state index contributed by atoms with van der Waals surface area (Å²) in [4.78, 5) is 0. The van der Waals surface area contributed by atoms with Gasteiger partial charge in [-0.25, -0.2) is 0 Å². The van der Waals surface area contributed by atoms with Gasteiger partial charge in [0.1, 0.15) is 0 Å². The molecule has 0 bridgehead atoms. The Bertz CT molecular complexity index is 290. The van der Waals surface area contributed by atoms with Gasteiger partial charge in [-0.1, -0.05) is 11.6 Å². The second-order valence-electron chi connectivity index (χ2n) is 2.65. The first kappa shape index (κ1) is 10.3. The fourth-order valence-corrected chi connectivity index (χ4v) is 1.36. The molecule has 0 aromatic heterocycles. The number of fused-ring (bicyclic) bond motifs is 1. The maximum absolute atomic E-state index is 9.30. The minimum Gasteiger partial charge on any atom is -0.434 e.